The Balaban J connectivity index is 2.02. The standard InChI is InChI=1S/C16H18ClNO/c1-2-4-12-7-9-13(10-8-12)18-11-14-15(17)5-3-6-16(14)19/h3,5-10,18-19H,2,4,11H2,1H3. The summed E-state index contributed by atoms with van der Waals surface area (Å²) in [6.07, 6.45) is 2.26. The second-order valence-electron chi connectivity index (χ2n) is 4.54. The van der Waals surface area contributed by atoms with E-state index in [4.69, 9.17) is 11.6 Å². The summed E-state index contributed by atoms with van der Waals surface area (Å²) >= 11 is 6.06. The van der Waals surface area contributed by atoms with Crippen molar-refractivity contribution in [2.75, 3.05) is 5.32 Å². The van der Waals surface area contributed by atoms with E-state index >= 15 is 0 Å². The van der Waals surface area contributed by atoms with Crippen LogP contribution in [0, 0.1) is 0 Å². The first kappa shape index (κ1) is 13.8. The number of nitrogens with one attached hydrogen (secondary N) is 1. The van der Waals surface area contributed by atoms with Gasteiger partial charge in [-0.05, 0) is 36.2 Å². The lowest BCUT2D eigenvalue weighted by Gasteiger charge is -2.10. The molecule has 0 radical (unpaired) electrons. The summed E-state index contributed by atoms with van der Waals surface area (Å²) in [7, 11) is 0. The van der Waals surface area contributed by atoms with Gasteiger partial charge in [0, 0.05) is 22.8 Å². The molecule has 2 N–H and O–H groups in total. The zero-order valence-corrected chi connectivity index (χ0v) is 11.7. The Morgan fingerprint density at radius 1 is 1.11 bits per heavy atom. The molecule has 100 valence electrons. The number of benzene rings is 2. The molecule has 0 heterocycles. The van der Waals surface area contributed by atoms with Crippen LogP contribution in [0.25, 0.3) is 0 Å². The fraction of sp³-hybridized carbons (Fsp3) is 0.250. The summed E-state index contributed by atoms with van der Waals surface area (Å²) < 4.78 is 0. The molecule has 3 heteroatoms. The van der Waals surface area contributed by atoms with E-state index in [0.29, 0.717) is 11.6 Å². The van der Waals surface area contributed by atoms with Gasteiger partial charge >= 0.3 is 0 Å². The van der Waals surface area contributed by atoms with E-state index in [2.05, 4.69) is 36.5 Å². The van der Waals surface area contributed by atoms with Crippen LogP contribution in [0.15, 0.2) is 42.5 Å². The number of aryl methyl sites for hydroxylation is 1. The molecule has 0 bridgehead atoms. The lowest BCUT2D eigenvalue weighted by molar-refractivity contribution is 0.469. The highest BCUT2D eigenvalue weighted by Gasteiger charge is 2.05. The van der Waals surface area contributed by atoms with Gasteiger partial charge in [-0.2, -0.15) is 0 Å². The Hall–Kier alpha value is -1.67. The molecule has 0 aromatic heterocycles. The first-order valence-corrected chi connectivity index (χ1v) is 6.87. The summed E-state index contributed by atoms with van der Waals surface area (Å²) in [5.41, 5.74) is 3.09. The number of phenolic OH excluding ortho intramolecular Hbond substituents is 1. The monoisotopic (exact) mass is 275 g/mol. The predicted molar refractivity (Wildman–Crippen MR) is 80.9 cm³/mol. The minimum atomic E-state index is 0.225. The van der Waals surface area contributed by atoms with Crippen LogP contribution in [0.4, 0.5) is 5.69 Å². The highest BCUT2D eigenvalue weighted by molar-refractivity contribution is 6.31. The molecule has 0 saturated carbocycles. The molecular formula is C16H18ClNO. The molecular weight excluding hydrogens is 258 g/mol. The Morgan fingerprint density at radius 3 is 2.47 bits per heavy atom. The SMILES string of the molecule is CCCc1ccc(NCc2c(O)cccc2Cl)cc1. The van der Waals surface area contributed by atoms with Crippen molar-refractivity contribution in [1.29, 1.82) is 0 Å². The number of aromatic hydroxyl groups is 1. The fourth-order valence-electron chi connectivity index (χ4n) is 1.99. The largest absolute Gasteiger partial charge is 0.508 e. The molecule has 0 aliphatic carbocycles. The second kappa shape index (κ2) is 6.48. The maximum atomic E-state index is 9.76. The van der Waals surface area contributed by atoms with Crippen molar-refractivity contribution in [2.45, 2.75) is 26.3 Å². The number of phenols is 1. The lowest BCUT2D eigenvalue weighted by atomic mass is 10.1. The van der Waals surface area contributed by atoms with Crippen molar-refractivity contribution in [3.8, 4) is 5.75 Å². The van der Waals surface area contributed by atoms with Gasteiger partial charge in [-0.15, -0.1) is 0 Å². The number of hydrogen-bond donors (Lipinski definition) is 2. The number of anilines is 1. The summed E-state index contributed by atoms with van der Waals surface area (Å²) in [5, 5.41) is 13.6. The first-order valence-electron chi connectivity index (χ1n) is 6.50. The van der Waals surface area contributed by atoms with E-state index in [9.17, 15) is 5.11 Å². The Morgan fingerprint density at radius 2 is 1.84 bits per heavy atom. The van der Waals surface area contributed by atoms with Gasteiger partial charge in [-0.25, -0.2) is 0 Å². The van der Waals surface area contributed by atoms with Crippen LogP contribution < -0.4 is 5.32 Å². The van der Waals surface area contributed by atoms with E-state index in [-0.39, 0.29) is 5.75 Å². The minimum absolute atomic E-state index is 0.225. The van der Waals surface area contributed by atoms with Crippen molar-refractivity contribution in [3.05, 3.63) is 58.6 Å². The molecule has 2 aromatic carbocycles. The van der Waals surface area contributed by atoms with Crippen LogP contribution in [-0.2, 0) is 13.0 Å². The van der Waals surface area contributed by atoms with Gasteiger partial charge in [0.2, 0.25) is 0 Å². The maximum Gasteiger partial charge on any atom is 0.122 e. The number of rotatable bonds is 5. The van der Waals surface area contributed by atoms with Gasteiger partial charge in [0.25, 0.3) is 0 Å². The minimum Gasteiger partial charge on any atom is -0.508 e. The number of halogens is 1. The maximum absolute atomic E-state index is 9.76. The summed E-state index contributed by atoms with van der Waals surface area (Å²) in [6, 6.07) is 13.5. The van der Waals surface area contributed by atoms with Gasteiger partial charge < -0.3 is 10.4 Å². The highest BCUT2D eigenvalue weighted by Crippen LogP contribution is 2.26. The van der Waals surface area contributed by atoms with Crippen LogP contribution >= 0.6 is 11.6 Å². The topological polar surface area (TPSA) is 32.3 Å². The Labute approximate surface area is 119 Å². The third-order valence-corrected chi connectivity index (χ3v) is 3.41. The highest BCUT2D eigenvalue weighted by atomic mass is 35.5. The molecule has 0 amide bonds. The molecule has 2 aromatic rings. The van der Waals surface area contributed by atoms with Crippen molar-refractivity contribution in [1.82, 2.24) is 0 Å². The molecule has 0 atom stereocenters. The molecule has 2 nitrogen and oxygen atoms in total. The molecule has 0 saturated heterocycles. The molecule has 0 fully saturated rings. The van der Waals surface area contributed by atoms with E-state index in [0.717, 1.165) is 24.1 Å². The molecule has 0 aliphatic rings. The summed E-state index contributed by atoms with van der Waals surface area (Å²) in [6.45, 7) is 2.69. The average Bonchev–Trinajstić information content (AvgIpc) is 2.40. The predicted octanol–water partition coefficient (Wildman–Crippen LogP) is 4.61. The van der Waals surface area contributed by atoms with Crippen LogP contribution in [-0.4, -0.2) is 5.11 Å². The van der Waals surface area contributed by atoms with Crippen molar-refractivity contribution < 1.29 is 5.11 Å². The van der Waals surface area contributed by atoms with Crippen LogP contribution in [0.2, 0.25) is 5.02 Å². The van der Waals surface area contributed by atoms with Gasteiger partial charge in [-0.1, -0.05) is 43.1 Å². The van der Waals surface area contributed by atoms with Crippen LogP contribution in [0.1, 0.15) is 24.5 Å². The molecule has 2 rings (SSSR count). The normalized spacial score (nSPS) is 10.4. The van der Waals surface area contributed by atoms with Crippen molar-refractivity contribution >= 4 is 17.3 Å². The Bertz CT molecular complexity index is 517. The van der Waals surface area contributed by atoms with Gasteiger partial charge in [0.05, 0.1) is 0 Å². The fourth-order valence-corrected chi connectivity index (χ4v) is 2.23. The average molecular weight is 276 g/mol. The summed E-state index contributed by atoms with van der Waals surface area (Å²) in [5.74, 6) is 0.225. The molecule has 0 aliphatic heterocycles. The quantitative estimate of drug-likeness (QED) is 0.835. The van der Waals surface area contributed by atoms with Crippen LogP contribution in [0.3, 0.4) is 0 Å². The van der Waals surface area contributed by atoms with E-state index < -0.39 is 0 Å². The van der Waals surface area contributed by atoms with Gasteiger partial charge in [-0.3, -0.25) is 0 Å². The van der Waals surface area contributed by atoms with Crippen LogP contribution in [0.5, 0.6) is 5.75 Å². The zero-order valence-electron chi connectivity index (χ0n) is 11.0. The third kappa shape index (κ3) is 3.65. The Kier molecular flexibility index (Phi) is 4.69. The molecule has 0 spiro atoms. The zero-order chi connectivity index (χ0) is 13.7. The van der Waals surface area contributed by atoms with Gasteiger partial charge in [0.1, 0.15) is 5.75 Å². The smallest absolute Gasteiger partial charge is 0.122 e. The van der Waals surface area contributed by atoms with Crippen molar-refractivity contribution in [2.24, 2.45) is 0 Å². The van der Waals surface area contributed by atoms with Crippen molar-refractivity contribution in [3.63, 3.8) is 0 Å². The summed E-state index contributed by atoms with van der Waals surface area (Å²) in [4.78, 5) is 0. The molecule has 0 unspecified atom stereocenters. The first-order chi connectivity index (χ1) is 9.20. The van der Waals surface area contributed by atoms with E-state index in [1.807, 2.05) is 0 Å². The lowest BCUT2D eigenvalue weighted by Crippen LogP contribution is -2.00. The number of hydrogen-bond acceptors (Lipinski definition) is 2. The second-order valence-corrected chi connectivity index (χ2v) is 4.95. The van der Waals surface area contributed by atoms with Gasteiger partial charge in [0.15, 0.2) is 0 Å². The molecule has 19 heavy (non-hydrogen) atoms. The third-order valence-electron chi connectivity index (χ3n) is 3.06. The van der Waals surface area contributed by atoms with E-state index in [1.54, 1.807) is 18.2 Å². The van der Waals surface area contributed by atoms with E-state index in [1.165, 1.54) is 5.56 Å².